The first kappa shape index (κ1) is 28.4. The number of halogens is 1. The van der Waals surface area contributed by atoms with Crippen LogP contribution in [0, 0.1) is 6.92 Å². The summed E-state index contributed by atoms with van der Waals surface area (Å²) >= 11 is 0. The third-order valence-electron chi connectivity index (χ3n) is 4.43. The van der Waals surface area contributed by atoms with Crippen molar-refractivity contribution in [1.29, 1.82) is 0 Å². The van der Waals surface area contributed by atoms with Gasteiger partial charge in [-0.05, 0) is 53.9 Å². The van der Waals surface area contributed by atoms with Crippen LogP contribution in [0.5, 0.6) is 0 Å². The lowest BCUT2D eigenvalue weighted by atomic mass is 9.93. The first-order valence-electron chi connectivity index (χ1n) is 10.5. The van der Waals surface area contributed by atoms with E-state index in [2.05, 4.69) is 26.1 Å². The van der Waals surface area contributed by atoms with Crippen LogP contribution in [0.15, 0.2) is 9.52 Å². The molecule has 0 bridgehead atoms. The normalized spacial score (nSPS) is 12.2. The highest BCUT2D eigenvalue weighted by Crippen LogP contribution is 2.17. The van der Waals surface area contributed by atoms with Crippen LogP contribution in [0.2, 0.25) is 0 Å². The van der Waals surface area contributed by atoms with Crippen molar-refractivity contribution in [3.05, 3.63) is 11.7 Å². The molecule has 1 rings (SSSR count). The first-order chi connectivity index (χ1) is 13.6. The smallest absolute Gasteiger partial charge is 0.408 e. The number of carbonyl (C=O) groups excluding carboxylic acids is 1. The largest absolute Gasteiger partial charge is 0.444 e. The molecule has 3 N–H and O–H groups in total. The SMILES string of the molecule is CCNC(=NCC(CC)(CC)NC(=O)OC(C)(C)C)NCCCc1nc(C)no1.I. The van der Waals surface area contributed by atoms with E-state index in [0.717, 1.165) is 32.4 Å². The van der Waals surface area contributed by atoms with Gasteiger partial charge in [0.05, 0.1) is 12.1 Å². The van der Waals surface area contributed by atoms with E-state index in [1.807, 2.05) is 41.5 Å². The number of carbonyl (C=O) groups is 1. The summed E-state index contributed by atoms with van der Waals surface area (Å²) in [5.74, 6) is 2.01. The van der Waals surface area contributed by atoms with Gasteiger partial charge >= 0.3 is 6.09 Å². The number of amides is 1. The van der Waals surface area contributed by atoms with Crippen molar-refractivity contribution in [3.8, 4) is 0 Å². The summed E-state index contributed by atoms with van der Waals surface area (Å²) in [6.45, 7) is 15.4. The van der Waals surface area contributed by atoms with Crippen LogP contribution in [-0.2, 0) is 11.2 Å². The summed E-state index contributed by atoms with van der Waals surface area (Å²) in [4.78, 5) is 21.2. The Bertz CT molecular complexity index is 653. The van der Waals surface area contributed by atoms with Crippen LogP contribution in [0.1, 0.15) is 72.5 Å². The van der Waals surface area contributed by atoms with Crippen molar-refractivity contribution < 1.29 is 14.1 Å². The Morgan fingerprint density at radius 1 is 1.17 bits per heavy atom. The summed E-state index contributed by atoms with van der Waals surface area (Å²) in [5.41, 5.74) is -0.986. The average Bonchev–Trinajstić information content (AvgIpc) is 3.05. The predicted octanol–water partition coefficient (Wildman–Crippen LogP) is 3.57. The maximum Gasteiger partial charge on any atom is 0.408 e. The van der Waals surface area contributed by atoms with Crippen molar-refractivity contribution in [2.75, 3.05) is 19.6 Å². The van der Waals surface area contributed by atoms with Gasteiger partial charge in [0.2, 0.25) is 5.89 Å². The van der Waals surface area contributed by atoms with Gasteiger partial charge in [-0.1, -0.05) is 19.0 Å². The van der Waals surface area contributed by atoms with E-state index in [4.69, 9.17) is 14.3 Å². The maximum atomic E-state index is 12.3. The molecule has 0 unspecified atom stereocenters. The Morgan fingerprint density at radius 3 is 2.33 bits per heavy atom. The molecule has 0 saturated carbocycles. The van der Waals surface area contributed by atoms with Gasteiger partial charge in [-0.3, -0.25) is 4.99 Å². The first-order valence-corrected chi connectivity index (χ1v) is 10.5. The monoisotopic (exact) mass is 538 g/mol. The number of hydrogen-bond acceptors (Lipinski definition) is 6. The van der Waals surface area contributed by atoms with E-state index in [0.29, 0.717) is 30.6 Å². The fourth-order valence-electron chi connectivity index (χ4n) is 2.67. The molecule has 0 aromatic carbocycles. The van der Waals surface area contributed by atoms with Crippen LogP contribution in [-0.4, -0.2) is 53.0 Å². The number of nitrogens with one attached hydrogen (secondary N) is 3. The number of hydrogen-bond donors (Lipinski definition) is 3. The number of alkyl carbamates (subject to hydrolysis) is 1. The molecule has 1 amide bonds. The van der Waals surface area contributed by atoms with Crippen LogP contribution in [0.25, 0.3) is 0 Å². The Hall–Kier alpha value is -1.59. The van der Waals surface area contributed by atoms with Gasteiger partial charge in [0.15, 0.2) is 11.8 Å². The van der Waals surface area contributed by atoms with E-state index >= 15 is 0 Å². The molecule has 0 radical (unpaired) electrons. The molecule has 0 aliphatic rings. The van der Waals surface area contributed by atoms with Crippen LogP contribution in [0.3, 0.4) is 0 Å². The van der Waals surface area contributed by atoms with E-state index < -0.39 is 17.2 Å². The second kappa shape index (κ2) is 13.7. The Kier molecular flexibility index (Phi) is 12.9. The summed E-state index contributed by atoms with van der Waals surface area (Å²) < 4.78 is 10.5. The summed E-state index contributed by atoms with van der Waals surface area (Å²) in [5, 5.41) is 13.4. The van der Waals surface area contributed by atoms with Crippen LogP contribution in [0.4, 0.5) is 4.79 Å². The van der Waals surface area contributed by atoms with Crippen molar-refractivity contribution in [1.82, 2.24) is 26.1 Å². The minimum absolute atomic E-state index is 0. The number of aliphatic imine (C=N–C) groups is 1. The minimum atomic E-state index is -0.534. The number of nitrogens with zero attached hydrogens (tertiary/aromatic N) is 3. The zero-order valence-corrected chi connectivity index (χ0v) is 21.8. The average molecular weight is 538 g/mol. The van der Waals surface area contributed by atoms with Crippen molar-refractivity contribution in [2.24, 2.45) is 4.99 Å². The molecule has 174 valence electrons. The third kappa shape index (κ3) is 11.0. The lowest BCUT2D eigenvalue weighted by Crippen LogP contribution is -2.52. The Morgan fingerprint density at radius 2 is 1.83 bits per heavy atom. The van der Waals surface area contributed by atoms with Gasteiger partial charge in [-0.15, -0.1) is 24.0 Å². The summed E-state index contributed by atoms with van der Waals surface area (Å²) in [7, 11) is 0. The highest BCUT2D eigenvalue weighted by atomic mass is 127. The maximum absolute atomic E-state index is 12.3. The number of aromatic nitrogens is 2. The zero-order chi connectivity index (χ0) is 21.9. The molecule has 10 heteroatoms. The van der Waals surface area contributed by atoms with Crippen molar-refractivity contribution >= 4 is 36.0 Å². The summed E-state index contributed by atoms with van der Waals surface area (Å²) in [6.07, 6.45) is 2.64. The number of guanidine groups is 1. The molecule has 0 spiro atoms. The molecule has 0 fully saturated rings. The molecule has 0 aliphatic carbocycles. The van der Waals surface area contributed by atoms with Gasteiger partial charge in [-0.2, -0.15) is 4.98 Å². The quantitative estimate of drug-likeness (QED) is 0.181. The number of ether oxygens (including phenoxy) is 1. The van der Waals surface area contributed by atoms with Crippen LogP contribution >= 0.6 is 24.0 Å². The molecule has 1 heterocycles. The predicted molar refractivity (Wildman–Crippen MR) is 129 cm³/mol. The summed E-state index contributed by atoms with van der Waals surface area (Å²) in [6, 6.07) is 0. The molecule has 0 saturated heterocycles. The van der Waals surface area contributed by atoms with E-state index in [9.17, 15) is 4.79 Å². The van der Waals surface area contributed by atoms with Gasteiger partial charge < -0.3 is 25.2 Å². The van der Waals surface area contributed by atoms with E-state index in [-0.39, 0.29) is 24.0 Å². The lowest BCUT2D eigenvalue weighted by molar-refractivity contribution is 0.0452. The second-order valence-electron chi connectivity index (χ2n) is 8.08. The highest BCUT2D eigenvalue weighted by Gasteiger charge is 2.30. The zero-order valence-electron chi connectivity index (χ0n) is 19.4. The molecule has 0 atom stereocenters. The van der Waals surface area contributed by atoms with E-state index in [1.54, 1.807) is 6.92 Å². The van der Waals surface area contributed by atoms with E-state index in [1.165, 1.54) is 0 Å². The molecule has 9 nitrogen and oxygen atoms in total. The van der Waals surface area contributed by atoms with Crippen molar-refractivity contribution in [2.45, 2.75) is 85.3 Å². The minimum Gasteiger partial charge on any atom is -0.444 e. The van der Waals surface area contributed by atoms with Gasteiger partial charge in [0.25, 0.3) is 0 Å². The molecule has 1 aromatic heterocycles. The standard InChI is InChI=1S/C20H38N6O3.HI/c1-8-20(9-2,25-18(27)28-19(5,6)7)14-23-17(21-10-3)22-13-11-12-16-24-15(4)26-29-16;/h8-14H2,1-7H3,(H,25,27)(H2,21,22,23);1H. The second-order valence-corrected chi connectivity index (χ2v) is 8.08. The van der Waals surface area contributed by atoms with Gasteiger partial charge in [0, 0.05) is 19.5 Å². The molecule has 30 heavy (non-hydrogen) atoms. The Balaban J connectivity index is 0.00000841. The highest BCUT2D eigenvalue weighted by molar-refractivity contribution is 14.0. The molecule has 0 aliphatic heterocycles. The number of rotatable bonds is 10. The van der Waals surface area contributed by atoms with Crippen LogP contribution < -0.4 is 16.0 Å². The third-order valence-corrected chi connectivity index (χ3v) is 4.43. The fraction of sp³-hybridized carbons (Fsp3) is 0.800. The molecule has 1 aromatic rings. The number of aryl methyl sites for hydroxylation is 2. The lowest BCUT2D eigenvalue weighted by Gasteiger charge is -2.32. The van der Waals surface area contributed by atoms with Crippen molar-refractivity contribution in [3.63, 3.8) is 0 Å². The Labute approximate surface area is 197 Å². The topological polar surface area (TPSA) is 114 Å². The van der Waals surface area contributed by atoms with Gasteiger partial charge in [0.1, 0.15) is 5.60 Å². The molecular formula is C20H39IN6O3. The fourth-order valence-corrected chi connectivity index (χ4v) is 2.67. The van der Waals surface area contributed by atoms with Gasteiger partial charge in [-0.25, -0.2) is 4.79 Å². The molecular weight excluding hydrogens is 499 g/mol.